The normalized spacial score (nSPS) is 21.9. The summed E-state index contributed by atoms with van der Waals surface area (Å²) in [5, 5.41) is 20.6. The molecule has 2 N–H and O–H groups in total. The fourth-order valence-electron chi connectivity index (χ4n) is 7.87. The number of aromatic nitrogens is 3. The average molecular weight is 707 g/mol. The largest absolute Gasteiger partial charge is 0.490 e. The van der Waals surface area contributed by atoms with E-state index in [1.54, 1.807) is 12.4 Å². The molecule has 1 saturated heterocycles. The van der Waals surface area contributed by atoms with Gasteiger partial charge in [-0.25, -0.2) is 23.1 Å². The zero-order valence-corrected chi connectivity index (χ0v) is 28.3. The van der Waals surface area contributed by atoms with Gasteiger partial charge in [0.15, 0.2) is 11.9 Å². The number of nitrogens with zero attached hydrogens (tertiary/aromatic N) is 4. The average Bonchev–Trinajstić information content (AvgIpc) is 3.07. The van der Waals surface area contributed by atoms with Crippen molar-refractivity contribution in [3.05, 3.63) is 75.9 Å². The highest BCUT2D eigenvalue weighted by molar-refractivity contribution is 5.51. The van der Waals surface area contributed by atoms with Crippen molar-refractivity contribution in [2.75, 3.05) is 31.2 Å². The van der Waals surface area contributed by atoms with Crippen LogP contribution in [0.3, 0.4) is 0 Å². The molecule has 13 heteroatoms. The summed E-state index contributed by atoms with van der Waals surface area (Å²) in [6.07, 6.45) is -2.39. The summed E-state index contributed by atoms with van der Waals surface area (Å²) in [7, 11) is 0. The third kappa shape index (κ3) is 7.88. The fourth-order valence-corrected chi connectivity index (χ4v) is 7.87. The first-order valence-electron chi connectivity index (χ1n) is 17.4. The predicted octanol–water partition coefficient (Wildman–Crippen LogP) is 8.39. The Morgan fingerprint density at radius 3 is 2.20 bits per heavy atom. The van der Waals surface area contributed by atoms with Crippen molar-refractivity contribution in [1.29, 1.82) is 0 Å². The molecule has 2 fully saturated rings. The van der Waals surface area contributed by atoms with E-state index in [-0.39, 0.29) is 54.7 Å². The van der Waals surface area contributed by atoms with Crippen LogP contribution in [0.25, 0.3) is 0 Å². The van der Waals surface area contributed by atoms with Crippen LogP contribution in [0.4, 0.5) is 32.3 Å². The van der Waals surface area contributed by atoms with E-state index in [2.05, 4.69) is 9.97 Å². The van der Waals surface area contributed by atoms with Crippen LogP contribution < -0.4 is 9.64 Å². The number of anilines is 1. The summed E-state index contributed by atoms with van der Waals surface area (Å²) < 4.78 is 91.9. The van der Waals surface area contributed by atoms with Crippen LogP contribution in [0.5, 0.6) is 5.75 Å². The number of halogens is 6. The lowest BCUT2D eigenvalue weighted by molar-refractivity contribution is -0.137. The minimum absolute atomic E-state index is 0.0125. The second-order valence-corrected chi connectivity index (χ2v) is 14.8. The number of benzene rings is 1. The molecule has 2 aromatic heterocycles. The third-order valence-corrected chi connectivity index (χ3v) is 10.4. The molecule has 50 heavy (non-hydrogen) atoms. The Labute approximate surface area is 288 Å². The van der Waals surface area contributed by atoms with Crippen LogP contribution in [-0.4, -0.2) is 57.4 Å². The Bertz CT molecular complexity index is 1620. The number of rotatable bonds is 9. The lowest BCUT2D eigenvalue weighted by Gasteiger charge is -2.41. The van der Waals surface area contributed by atoms with Crippen molar-refractivity contribution in [2.45, 2.75) is 108 Å². The van der Waals surface area contributed by atoms with Crippen LogP contribution in [0.1, 0.15) is 129 Å². The van der Waals surface area contributed by atoms with Crippen molar-refractivity contribution in [1.82, 2.24) is 15.0 Å². The Morgan fingerprint density at radius 1 is 0.960 bits per heavy atom. The highest BCUT2D eigenvalue weighted by atomic mass is 19.4. The van der Waals surface area contributed by atoms with Crippen LogP contribution in [0.2, 0.25) is 0 Å². The number of hydrogen-bond donors (Lipinski definition) is 2. The number of aliphatic hydroxyl groups excluding tert-OH is 2. The lowest BCUT2D eigenvalue weighted by Crippen LogP contribution is -2.36. The fraction of sp³-hybridized carbons (Fsp3) is 0.595. The van der Waals surface area contributed by atoms with Gasteiger partial charge in [-0.15, -0.1) is 0 Å². The van der Waals surface area contributed by atoms with Crippen LogP contribution in [0.15, 0.2) is 36.7 Å². The topological polar surface area (TPSA) is 91.6 Å². The van der Waals surface area contributed by atoms with Gasteiger partial charge in [0, 0.05) is 61.7 Å². The van der Waals surface area contributed by atoms with E-state index in [1.165, 1.54) is 0 Å². The van der Waals surface area contributed by atoms with Crippen molar-refractivity contribution in [3.8, 4) is 5.75 Å². The molecule has 2 aliphatic carbocycles. The van der Waals surface area contributed by atoms with E-state index in [4.69, 9.17) is 14.8 Å². The molecule has 7 nitrogen and oxygen atoms in total. The van der Waals surface area contributed by atoms with E-state index in [0.29, 0.717) is 86.0 Å². The molecule has 0 amide bonds. The van der Waals surface area contributed by atoms with Gasteiger partial charge in [-0.2, -0.15) is 13.2 Å². The molecule has 3 heterocycles. The van der Waals surface area contributed by atoms with Crippen LogP contribution >= 0.6 is 0 Å². The first-order chi connectivity index (χ1) is 23.7. The predicted molar refractivity (Wildman–Crippen MR) is 175 cm³/mol. The van der Waals surface area contributed by atoms with E-state index >= 15 is 4.39 Å². The van der Waals surface area contributed by atoms with Crippen molar-refractivity contribution < 1.29 is 41.3 Å². The zero-order valence-electron chi connectivity index (χ0n) is 28.3. The van der Waals surface area contributed by atoms with Gasteiger partial charge in [0.2, 0.25) is 11.9 Å². The van der Waals surface area contributed by atoms with Crippen molar-refractivity contribution in [2.24, 2.45) is 5.41 Å². The number of piperidine rings is 1. The van der Waals surface area contributed by atoms with Gasteiger partial charge in [-0.1, -0.05) is 26.0 Å². The number of fused-ring (bicyclic) bond motifs is 1. The smallest absolute Gasteiger partial charge is 0.416 e. The molecule has 272 valence electrons. The van der Waals surface area contributed by atoms with Crippen molar-refractivity contribution in [3.63, 3.8) is 0 Å². The Balaban J connectivity index is 1.39. The molecule has 6 rings (SSSR count). The third-order valence-electron chi connectivity index (χ3n) is 10.4. The van der Waals surface area contributed by atoms with E-state index in [0.717, 1.165) is 24.3 Å². The van der Waals surface area contributed by atoms with E-state index in [9.17, 15) is 27.1 Å². The molecule has 1 saturated carbocycles. The maximum absolute atomic E-state index is 17.2. The number of ether oxygens (including phenoxy) is 1. The Hall–Kier alpha value is -3.45. The molecule has 0 spiro atoms. The summed E-state index contributed by atoms with van der Waals surface area (Å²) in [6.45, 7) is 5.43. The number of hydrogen-bond acceptors (Lipinski definition) is 7. The standard InChI is InChI=1S/C37H44F6N4O3/c1-35(2)18-27-30(28(49)19-35)29(22-8-12-36(39,40)13-9-22)31(32(38)23-4-6-25(7-5-23)37(41,42)43)33(46-27)24-10-14-47(15-11-24)34-44-20-26(21-45-34)50-17-3-16-48/h4-7,20-22,24,28,32,48-49H,3,8-19H2,1-2H3/t28-,32-/m0/s1. The molecule has 1 aliphatic heterocycles. The summed E-state index contributed by atoms with van der Waals surface area (Å²) in [6, 6.07) is 3.97. The number of pyridine rings is 1. The van der Waals surface area contributed by atoms with Gasteiger partial charge in [-0.3, -0.25) is 4.98 Å². The Kier molecular flexibility index (Phi) is 10.4. The van der Waals surface area contributed by atoms with Crippen molar-refractivity contribution >= 4 is 5.95 Å². The quantitative estimate of drug-likeness (QED) is 0.171. The number of alkyl halides is 6. The first-order valence-corrected chi connectivity index (χ1v) is 17.4. The summed E-state index contributed by atoms with van der Waals surface area (Å²) >= 11 is 0. The van der Waals surface area contributed by atoms with E-state index < -0.39 is 35.9 Å². The molecule has 0 radical (unpaired) electrons. The highest BCUT2D eigenvalue weighted by Gasteiger charge is 2.44. The van der Waals surface area contributed by atoms with E-state index in [1.807, 2.05) is 18.7 Å². The van der Waals surface area contributed by atoms with Gasteiger partial charge in [0.05, 0.1) is 36.4 Å². The van der Waals surface area contributed by atoms with Gasteiger partial charge in [-0.05, 0) is 73.1 Å². The van der Waals surface area contributed by atoms with Gasteiger partial charge in [0.1, 0.15) is 0 Å². The maximum Gasteiger partial charge on any atom is 0.416 e. The second-order valence-electron chi connectivity index (χ2n) is 14.8. The molecule has 2 atom stereocenters. The zero-order chi connectivity index (χ0) is 35.8. The van der Waals surface area contributed by atoms with Gasteiger partial charge < -0.3 is 19.8 Å². The van der Waals surface area contributed by atoms with Gasteiger partial charge in [0.25, 0.3) is 0 Å². The minimum Gasteiger partial charge on any atom is -0.490 e. The van der Waals surface area contributed by atoms with Crippen LogP contribution in [-0.2, 0) is 12.6 Å². The van der Waals surface area contributed by atoms with Crippen LogP contribution in [0, 0.1) is 5.41 Å². The molecular formula is C37H44F6N4O3. The Morgan fingerprint density at radius 2 is 1.60 bits per heavy atom. The van der Waals surface area contributed by atoms with Gasteiger partial charge >= 0.3 is 6.18 Å². The molecular weight excluding hydrogens is 662 g/mol. The first kappa shape index (κ1) is 36.3. The molecule has 0 unspecified atom stereocenters. The highest BCUT2D eigenvalue weighted by Crippen LogP contribution is 2.52. The molecule has 1 aromatic carbocycles. The summed E-state index contributed by atoms with van der Waals surface area (Å²) in [5.41, 5.74) is 1.15. The SMILES string of the molecule is CC1(C)Cc2nc(C3CCN(c4ncc(OCCCO)cn4)CC3)c([C@@H](F)c3ccc(C(F)(F)F)cc3)c(C3CCC(F)(F)CC3)c2[C@@H](O)C1. The second kappa shape index (κ2) is 14.3. The number of aliphatic hydroxyl groups is 2. The minimum atomic E-state index is -4.59. The molecule has 0 bridgehead atoms. The molecule has 3 aliphatic rings. The lowest BCUT2D eigenvalue weighted by atomic mass is 9.68. The monoisotopic (exact) mass is 706 g/mol. The maximum atomic E-state index is 17.2. The molecule has 3 aromatic rings. The summed E-state index contributed by atoms with van der Waals surface area (Å²) in [4.78, 5) is 16.0. The summed E-state index contributed by atoms with van der Waals surface area (Å²) in [5.74, 6) is -2.57.